The monoisotopic (exact) mass is 292 g/mol. The van der Waals surface area contributed by atoms with Crippen LogP contribution in [-0.4, -0.2) is 24.8 Å². The van der Waals surface area contributed by atoms with Crippen LogP contribution in [0, 0.1) is 6.92 Å². The van der Waals surface area contributed by atoms with Gasteiger partial charge in [0, 0.05) is 12.6 Å². The molecule has 1 aromatic rings. The highest BCUT2D eigenvalue weighted by Crippen LogP contribution is 2.12. The SMILES string of the molecule is Cc1ccc([C@@H](C)NCCCNC(=O)OC(C)(C)C)cc1. The van der Waals surface area contributed by atoms with Crippen LogP contribution in [0.15, 0.2) is 24.3 Å². The summed E-state index contributed by atoms with van der Waals surface area (Å²) in [7, 11) is 0. The molecule has 118 valence electrons. The summed E-state index contributed by atoms with van der Waals surface area (Å²) < 4.78 is 5.18. The molecule has 21 heavy (non-hydrogen) atoms. The first-order valence-corrected chi connectivity index (χ1v) is 7.55. The highest BCUT2D eigenvalue weighted by molar-refractivity contribution is 5.67. The Kier molecular flexibility index (Phi) is 6.69. The van der Waals surface area contributed by atoms with Gasteiger partial charge in [-0.05, 0) is 53.1 Å². The maximum absolute atomic E-state index is 11.5. The van der Waals surface area contributed by atoms with E-state index in [1.54, 1.807) is 0 Å². The molecule has 4 nitrogen and oxygen atoms in total. The average Bonchev–Trinajstić information content (AvgIpc) is 2.36. The van der Waals surface area contributed by atoms with E-state index < -0.39 is 5.60 Å². The van der Waals surface area contributed by atoms with Crippen LogP contribution in [-0.2, 0) is 4.74 Å². The molecule has 0 aromatic heterocycles. The van der Waals surface area contributed by atoms with E-state index in [1.807, 2.05) is 20.8 Å². The van der Waals surface area contributed by atoms with Crippen molar-refractivity contribution < 1.29 is 9.53 Å². The molecule has 0 saturated carbocycles. The van der Waals surface area contributed by atoms with Crippen molar-refractivity contribution in [2.75, 3.05) is 13.1 Å². The van der Waals surface area contributed by atoms with Crippen molar-refractivity contribution in [2.45, 2.75) is 52.7 Å². The lowest BCUT2D eigenvalue weighted by atomic mass is 10.1. The van der Waals surface area contributed by atoms with Crippen LogP contribution >= 0.6 is 0 Å². The number of nitrogens with one attached hydrogen (secondary N) is 2. The van der Waals surface area contributed by atoms with E-state index in [1.165, 1.54) is 11.1 Å². The molecular formula is C17H28N2O2. The first-order chi connectivity index (χ1) is 9.78. The van der Waals surface area contributed by atoms with Crippen LogP contribution in [0.1, 0.15) is 51.3 Å². The van der Waals surface area contributed by atoms with Crippen molar-refractivity contribution in [2.24, 2.45) is 0 Å². The molecule has 2 N–H and O–H groups in total. The van der Waals surface area contributed by atoms with Crippen molar-refractivity contribution in [1.82, 2.24) is 10.6 Å². The first-order valence-electron chi connectivity index (χ1n) is 7.55. The first kappa shape index (κ1) is 17.5. The third-order valence-corrected chi connectivity index (χ3v) is 3.05. The molecule has 1 aromatic carbocycles. The molecule has 0 bridgehead atoms. The number of alkyl carbamates (subject to hydrolysis) is 1. The summed E-state index contributed by atoms with van der Waals surface area (Å²) in [6, 6.07) is 8.85. The minimum absolute atomic E-state index is 0.312. The smallest absolute Gasteiger partial charge is 0.407 e. The quantitative estimate of drug-likeness (QED) is 0.788. The summed E-state index contributed by atoms with van der Waals surface area (Å²) in [5, 5.41) is 6.21. The zero-order valence-electron chi connectivity index (χ0n) is 13.8. The number of carbonyl (C=O) groups is 1. The van der Waals surface area contributed by atoms with Crippen molar-refractivity contribution >= 4 is 6.09 Å². The zero-order chi connectivity index (χ0) is 15.9. The lowest BCUT2D eigenvalue weighted by Crippen LogP contribution is -2.34. The van der Waals surface area contributed by atoms with E-state index in [4.69, 9.17) is 4.74 Å². The van der Waals surface area contributed by atoms with Gasteiger partial charge in [0.15, 0.2) is 0 Å². The van der Waals surface area contributed by atoms with Crippen LogP contribution in [0.25, 0.3) is 0 Å². The van der Waals surface area contributed by atoms with E-state index in [0.717, 1.165) is 13.0 Å². The number of hydrogen-bond acceptors (Lipinski definition) is 3. The van der Waals surface area contributed by atoms with E-state index in [2.05, 4.69) is 48.7 Å². The maximum atomic E-state index is 11.5. The van der Waals surface area contributed by atoms with Gasteiger partial charge in [-0.25, -0.2) is 4.79 Å². The topological polar surface area (TPSA) is 50.4 Å². The number of benzene rings is 1. The summed E-state index contributed by atoms with van der Waals surface area (Å²) in [6.07, 6.45) is 0.518. The summed E-state index contributed by atoms with van der Waals surface area (Å²) >= 11 is 0. The number of carbonyl (C=O) groups excluding carboxylic acids is 1. The summed E-state index contributed by atoms with van der Waals surface area (Å²) in [4.78, 5) is 11.5. The molecule has 0 heterocycles. The van der Waals surface area contributed by atoms with Gasteiger partial charge in [0.1, 0.15) is 5.60 Å². The number of ether oxygens (including phenoxy) is 1. The molecule has 0 aliphatic rings. The summed E-state index contributed by atoms with van der Waals surface area (Å²) in [6.45, 7) is 11.3. The van der Waals surface area contributed by atoms with Crippen LogP contribution < -0.4 is 10.6 Å². The molecule has 0 fully saturated rings. The number of hydrogen-bond donors (Lipinski definition) is 2. The Balaban J connectivity index is 2.16. The van der Waals surface area contributed by atoms with Crippen molar-refractivity contribution in [3.05, 3.63) is 35.4 Å². The molecule has 0 radical (unpaired) electrons. The van der Waals surface area contributed by atoms with Gasteiger partial charge >= 0.3 is 6.09 Å². The molecule has 1 amide bonds. The second-order valence-electron chi connectivity index (χ2n) is 6.37. The van der Waals surface area contributed by atoms with E-state index in [9.17, 15) is 4.79 Å². The van der Waals surface area contributed by atoms with Gasteiger partial charge in [-0.15, -0.1) is 0 Å². The highest BCUT2D eigenvalue weighted by Gasteiger charge is 2.15. The van der Waals surface area contributed by atoms with Crippen molar-refractivity contribution in [3.8, 4) is 0 Å². The van der Waals surface area contributed by atoms with E-state index >= 15 is 0 Å². The van der Waals surface area contributed by atoms with Gasteiger partial charge in [0.05, 0.1) is 0 Å². The fraction of sp³-hybridized carbons (Fsp3) is 0.588. The van der Waals surface area contributed by atoms with Gasteiger partial charge < -0.3 is 15.4 Å². The molecule has 0 spiro atoms. The maximum Gasteiger partial charge on any atom is 0.407 e. The molecule has 1 atom stereocenters. The second-order valence-corrected chi connectivity index (χ2v) is 6.37. The Morgan fingerprint density at radius 1 is 1.19 bits per heavy atom. The van der Waals surface area contributed by atoms with Gasteiger partial charge in [-0.1, -0.05) is 29.8 Å². The minimum Gasteiger partial charge on any atom is -0.444 e. The standard InChI is InChI=1S/C17H28N2O2/c1-13-7-9-15(10-8-13)14(2)18-11-6-12-19-16(20)21-17(3,4)5/h7-10,14,18H,6,11-12H2,1-5H3,(H,19,20)/t14-/m1/s1. The lowest BCUT2D eigenvalue weighted by Gasteiger charge is -2.20. The fourth-order valence-electron chi connectivity index (χ4n) is 1.88. The fourth-order valence-corrected chi connectivity index (χ4v) is 1.88. The third-order valence-electron chi connectivity index (χ3n) is 3.05. The van der Waals surface area contributed by atoms with E-state index in [-0.39, 0.29) is 6.09 Å². The minimum atomic E-state index is -0.442. The second kappa shape index (κ2) is 8.03. The van der Waals surface area contributed by atoms with Crippen LogP contribution in [0.3, 0.4) is 0 Å². The number of aryl methyl sites for hydroxylation is 1. The average molecular weight is 292 g/mol. The summed E-state index contributed by atoms with van der Waals surface area (Å²) in [5.74, 6) is 0. The summed E-state index contributed by atoms with van der Waals surface area (Å²) in [5.41, 5.74) is 2.11. The Morgan fingerprint density at radius 2 is 1.81 bits per heavy atom. The third kappa shape index (κ3) is 7.71. The molecule has 0 aliphatic heterocycles. The Labute approximate surface area is 128 Å². The van der Waals surface area contributed by atoms with Crippen LogP contribution in [0.4, 0.5) is 4.79 Å². The van der Waals surface area contributed by atoms with Gasteiger partial charge in [0.25, 0.3) is 0 Å². The van der Waals surface area contributed by atoms with Crippen molar-refractivity contribution in [3.63, 3.8) is 0 Å². The van der Waals surface area contributed by atoms with Crippen LogP contribution in [0.5, 0.6) is 0 Å². The van der Waals surface area contributed by atoms with Gasteiger partial charge in [-0.2, -0.15) is 0 Å². The Bertz CT molecular complexity index is 435. The number of amides is 1. The number of rotatable bonds is 6. The molecule has 1 rings (SSSR count). The van der Waals surface area contributed by atoms with Gasteiger partial charge in [0.2, 0.25) is 0 Å². The molecule has 0 saturated heterocycles. The highest BCUT2D eigenvalue weighted by atomic mass is 16.6. The molecular weight excluding hydrogens is 264 g/mol. The molecule has 0 unspecified atom stereocenters. The van der Waals surface area contributed by atoms with Crippen LogP contribution in [0.2, 0.25) is 0 Å². The Morgan fingerprint density at radius 3 is 2.38 bits per heavy atom. The Hall–Kier alpha value is -1.55. The predicted molar refractivity (Wildman–Crippen MR) is 86.5 cm³/mol. The zero-order valence-corrected chi connectivity index (χ0v) is 13.8. The van der Waals surface area contributed by atoms with E-state index in [0.29, 0.717) is 12.6 Å². The predicted octanol–water partition coefficient (Wildman–Crippen LogP) is 3.56. The normalized spacial score (nSPS) is 12.8. The van der Waals surface area contributed by atoms with Crippen molar-refractivity contribution in [1.29, 1.82) is 0 Å². The molecule has 4 heteroatoms. The largest absolute Gasteiger partial charge is 0.444 e. The molecule has 0 aliphatic carbocycles. The van der Waals surface area contributed by atoms with Gasteiger partial charge in [-0.3, -0.25) is 0 Å². The lowest BCUT2D eigenvalue weighted by molar-refractivity contribution is 0.0527.